The molecule has 0 fully saturated rings. The van der Waals surface area contributed by atoms with E-state index in [9.17, 15) is 0 Å². The third-order valence-electron chi connectivity index (χ3n) is 6.88. The standard InChI is InChI=1S/C33H46N2O/c1-3-5-7-9-10-12-13-15-28-17-19-29(20-18-28)27-36-32-23-21-31(22-24-32)33-34-25-30(26-35-33)16-14-11-8-6-4-2/h17-26H,3-16,27H2,1-2H3. The fourth-order valence-electron chi connectivity index (χ4n) is 4.52. The molecule has 0 spiro atoms. The predicted octanol–water partition coefficient (Wildman–Crippen LogP) is 9.53. The molecular weight excluding hydrogens is 440 g/mol. The summed E-state index contributed by atoms with van der Waals surface area (Å²) in [4.78, 5) is 9.17. The number of hydrogen-bond acceptors (Lipinski definition) is 3. The maximum Gasteiger partial charge on any atom is 0.159 e. The van der Waals surface area contributed by atoms with E-state index in [0.717, 1.165) is 23.6 Å². The lowest BCUT2D eigenvalue weighted by atomic mass is 10.0. The lowest BCUT2D eigenvalue weighted by molar-refractivity contribution is 0.306. The number of ether oxygens (including phenoxy) is 1. The minimum absolute atomic E-state index is 0.584. The first-order chi connectivity index (χ1) is 17.8. The average Bonchev–Trinajstić information content (AvgIpc) is 2.93. The van der Waals surface area contributed by atoms with Crippen molar-refractivity contribution in [1.82, 2.24) is 9.97 Å². The molecule has 3 heteroatoms. The van der Waals surface area contributed by atoms with Crippen LogP contribution in [-0.4, -0.2) is 9.97 Å². The molecule has 0 amide bonds. The summed E-state index contributed by atoms with van der Waals surface area (Å²) < 4.78 is 6.02. The van der Waals surface area contributed by atoms with Crippen LogP contribution in [0.15, 0.2) is 60.9 Å². The first kappa shape index (κ1) is 27.9. The van der Waals surface area contributed by atoms with Gasteiger partial charge in [-0.1, -0.05) is 102 Å². The Kier molecular flexibility index (Phi) is 13.1. The van der Waals surface area contributed by atoms with Gasteiger partial charge in [0.05, 0.1) is 0 Å². The molecule has 0 N–H and O–H groups in total. The number of aromatic nitrogens is 2. The predicted molar refractivity (Wildman–Crippen MR) is 152 cm³/mol. The SMILES string of the molecule is CCCCCCCCCc1ccc(COc2ccc(-c3ncc(CCCCCCC)cn3)cc2)cc1. The Balaban J connectivity index is 1.37. The third kappa shape index (κ3) is 10.5. The van der Waals surface area contributed by atoms with Gasteiger partial charge in [-0.15, -0.1) is 0 Å². The fraction of sp³-hybridized carbons (Fsp3) is 0.515. The highest BCUT2D eigenvalue weighted by Gasteiger charge is 2.04. The topological polar surface area (TPSA) is 35.0 Å². The first-order valence-corrected chi connectivity index (χ1v) is 14.4. The zero-order chi connectivity index (χ0) is 25.3. The monoisotopic (exact) mass is 486 g/mol. The van der Waals surface area contributed by atoms with Crippen molar-refractivity contribution in [3.63, 3.8) is 0 Å². The maximum atomic E-state index is 6.02. The molecule has 36 heavy (non-hydrogen) atoms. The van der Waals surface area contributed by atoms with Gasteiger partial charge in [-0.25, -0.2) is 9.97 Å². The van der Waals surface area contributed by atoms with Gasteiger partial charge in [-0.3, -0.25) is 0 Å². The second-order valence-corrected chi connectivity index (χ2v) is 10.1. The van der Waals surface area contributed by atoms with E-state index in [4.69, 9.17) is 4.74 Å². The molecular formula is C33H46N2O. The van der Waals surface area contributed by atoms with E-state index in [1.54, 1.807) is 0 Å². The Hall–Kier alpha value is -2.68. The summed E-state index contributed by atoms with van der Waals surface area (Å²) >= 11 is 0. The maximum absolute atomic E-state index is 6.02. The molecule has 0 unspecified atom stereocenters. The van der Waals surface area contributed by atoms with Crippen molar-refractivity contribution in [2.24, 2.45) is 0 Å². The summed E-state index contributed by atoms with van der Waals surface area (Å²) in [6.45, 7) is 5.11. The second-order valence-electron chi connectivity index (χ2n) is 10.1. The van der Waals surface area contributed by atoms with E-state index >= 15 is 0 Å². The van der Waals surface area contributed by atoms with E-state index < -0.39 is 0 Å². The van der Waals surface area contributed by atoms with E-state index in [0.29, 0.717) is 6.61 Å². The van der Waals surface area contributed by atoms with Gasteiger partial charge in [0.25, 0.3) is 0 Å². The largest absolute Gasteiger partial charge is 0.489 e. The quantitative estimate of drug-likeness (QED) is 0.168. The van der Waals surface area contributed by atoms with Gasteiger partial charge in [-0.05, 0) is 66.6 Å². The van der Waals surface area contributed by atoms with Gasteiger partial charge >= 0.3 is 0 Å². The molecule has 0 bridgehead atoms. The smallest absolute Gasteiger partial charge is 0.159 e. The van der Waals surface area contributed by atoms with Crippen molar-refractivity contribution in [2.75, 3.05) is 0 Å². The Morgan fingerprint density at radius 3 is 1.61 bits per heavy atom. The molecule has 0 aliphatic carbocycles. The van der Waals surface area contributed by atoms with Crippen LogP contribution in [-0.2, 0) is 19.4 Å². The van der Waals surface area contributed by atoms with Gasteiger partial charge < -0.3 is 4.74 Å². The first-order valence-electron chi connectivity index (χ1n) is 14.4. The molecule has 0 atom stereocenters. The van der Waals surface area contributed by atoms with Crippen molar-refractivity contribution in [1.29, 1.82) is 0 Å². The lowest BCUT2D eigenvalue weighted by Crippen LogP contribution is -1.96. The van der Waals surface area contributed by atoms with Gasteiger partial charge in [0.2, 0.25) is 0 Å². The summed E-state index contributed by atoms with van der Waals surface area (Å²) in [6.07, 6.45) is 22.2. The highest BCUT2D eigenvalue weighted by atomic mass is 16.5. The number of aryl methyl sites for hydroxylation is 2. The highest BCUT2D eigenvalue weighted by molar-refractivity contribution is 5.55. The van der Waals surface area contributed by atoms with Crippen molar-refractivity contribution in [3.05, 3.63) is 77.6 Å². The molecule has 0 aliphatic rings. The van der Waals surface area contributed by atoms with Crippen LogP contribution in [0.4, 0.5) is 0 Å². The molecule has 0 saturated carbocycles. The minimum Gasteiger partial charge on any atom is -0.489 e. The van der Waals surface area contributed by atoms with E-state index in [-0.39, 0.29) is 0 Å². The Bertz CT molecular complexity index is 948. The number of unbranched alkanes of at least 4 members (excludes halogenated alkanes) is 10. The zero-order valence-electron chi connectivity index (χ0n) is 22.7. The molecule has 0 saturated heterocycles. The molecule has 0 radical (unpaired) electrons. The highest BCUT2D eigenvalue weighted by Crippen LogP contribution is 2.21. The zero-order valence-corrected chi connectivity index (χ0v) is 22.7. The number of hydrogen-bond donors (Lipinski definition) is 0. The molecule has 1 heterocycles. The molecule has 2 aromatic carbocycles. The van der Waals surface area contributed by atoms with E-state index in [1.807, 2.05) is 36.7 Å². The van der Waals surface area contributed by atoms with Crippen LogP contribution >= 0.6 is 0 Å². The van der Waals surface area contributed by atoms with Gasteiger partial charge in [-0.2, -0.15) is 0 Å². The molecule has 3 aromatic rings. The lowest BCUT2D eigenvalue weighted by Gasteiger charge is -2.09. The van der Waals surface area contributed by atoms with Crippen molar-refractivity contribution in [2.45, 2.75) is 110 Å². The second kappa shape index (κ2) is 16.9. The molecule has 194 valence electrons. The van der Waals surface area contributed by atoms with Crippen LogP contribution in [0.1, 0.15) is 108 Å². The van der Waals surface area contributed by atoms with E-state index in [1.165, 1.54) is 100 Å². The summed E-state index contributed by atoms with van der Waals surface area (Å²) in [7, 11) is 0. The summed E-state index contributed by atoms with van der Waals surface area (Å²) in [5.74, 6) is 1.64. The van der Waals surface area contributed by atoms with Crippen LogP contribution in [0.25, 0.3) is 11.4 Å². The minimum atomic E-state index is 0.584. The van der Waals surface area contributed by atoms with Crippen molar-refractivity contribution < 1.29 is 4.74 Å². The third-order valence-corrected chi connectivity index (χ3v) is 6.88. The van der Waals surface area contributed by atoms with Crippen molar-refractivity contribution >= 4 is 0 Å². The number of rotatable bonds is 18. The summed E-state index contributed by atoms with van der Waals surface area (Å²) in [5, 5.41) is 0. The Labute approximate surface area is 219 Å². The van der Waals surface area contributed by atoms with Crippen LogP contribution in [0.5, 0.6) is 5.75 Å². The fourth-order valence-corrected chi connectivity index (χ4v) is 4.52. The van der Waals surface area contributed by atoms with Crippen molar-refractivity contribution in [3.8, 4) is 17.1 Å². The summed E-state index contributed by atoms with van der Waals surface area (Å²) in [6, 6.07) is 17.0. The Morgan fingerprint density at radius 1 is 0.528 bits per heavy atom. The van der Waals surface area contributed by atoms with Crippen LogP contribution < -0.4 is 4.74 Å². The molecule has 3 nitrogen and oxygen atoms in total. The average molecular weight is 487 g/mol. The van der Waals surface area contributed by atoms with Gasteiger partial charge in [0.1, 0.15) is 12.4 Å². The number of nitrogens with zero attached hydrogens (tertiary/aromatic N) is 2. The van der Waals surface area contributed by atoms with Gasteiger partial charge in [0.15, 0.2) is 5.82 Å². The normalized spacial score (nSPS) is 11.1. The van der Waals surface area contributed by atoms with Crippen LogP contribution in [0.2, 0.25) is 0 Å². The summed E-state index contributed by atoms with van der Waals surface area (Å²) in [5.41, 5.74) is 4.88. The number of benzene rings is 2. The van der Waals surface area contributed by atoms with Gasteiger partial charge in [0, 0.05) is 18.0 Å². The van der Waals surface area contributed by atoms with Crippen LogP contribution in [0, 0.1) is 0 Å². The van der Waals surface area contributed by atoms with E-state index in [2.05, 4.69) is 48.1 Å². The Morgan fingerprint density at radius 2 is 1.03 bits per heavy atom. The molecule has 3 rings (SSSR count). The van der Waals surface area contributed by atoms with Crippen LogP contribution in [0.3, 0.4) is 0 Å². The molecule has 1 aromatic heterocycles. The molecule has 0 aliphatic heterocycles.